The largest absolute Gasteiger partial charge is 0.501 e. The summed E-state index contributed by atoms with van der Waals surface area (Å²) in [6, 6.07) is 0. The molecule has 0 spiro atoms. The van der Waals surface area contributed by atoms with Crippen LogP contribution in [0.15, 0.2) is 12.3 Å². The summed E-state index contributed by atoms with van der Waals surface area (Å²) in [5, 5.41) is 4.32. The maximum atomic E-state index is 10.7. The van der Waals surface area contributed by atoms with Gasteiger partial charge in [-0.25, -0.2) is 13.6 Å². The van der Waals surface area contributed by atoms with Crippen molar-refractivity contribution in [3.63, 3.8) is 0 Å². The summed E-state index contributed by atoms with van der Waals surface area (Å²) < 4.78 is 26.1. The van der Waals surface area contributed by atoms with E-state index in [0.29, 0.717) is 13.0 Å². The molecular formula is C5H9NO3S. The third kappa shape index (κ3) is 1.71. The Labute approximate surface area is 59.7 Å². The molecule has 0 amide bonds. The smallest absolute Gasteiger partial charge is 0.215 e. The summed E-state index contributed by atoms with van der Waals surface area (Å²) >= 11 is 0. The van der Waals surface area contributed by atoms with E-state index < -0.39 is 15.3 Å². The molecule has 0 aromatic carbocycles. The first kappa shape index (κ1) is 7.56. The second-order valence-electron chi connectivity index (χ2n) is 2.12. The molecule has 0 saturated carbocycles. The van der Waals surface area contributed by atoms with Gasteiger partial charge in [0.25, 0.3) is 0 Å². The predicted octanol–water partition coefficient (Wildman–Crippen LogP) is -0.422. The fourth-order valence-electron chi connectivity index (χ4n) is 0.765. The molecule has 1 heterocycles. The highest BCUT2D eigenvalue weighted by Crippen LogP contribution is 2.08. The lowest BCUT2D eigenvalue weighted by atomic mass is 10.3. The van der Waals surface area contributed by atoms with E-state index in [2.05, 4.69) is 0 Å². The minimum absolute atomic E-state index is 0.428. The molecule has 0 saturated heterocycles. The van der Waals surface area contributed by atoms with Crippen LogP contribution in [0.2, 0.25) is 0 Å². The van der Waals surface area contributed by atoms with E-state index in [1.54, 1.807) is 0 Å². The molecule has 1 aliphatic rings. The van der Waals surface area contributed by atoms with E-state index in [4.69, 9.17) is 9.88 Å². The topological polar surface area (TPSA) is 69.4 Å². The monoisotopic (exact) mass is 163 g/mol. The van der Waals surface area contributed by atoms with Gasteiger partial charge in [-0.15, -0.1) is 0 Å². The molecule has 0 radical (unpaired) electrons. The highest BCUT2D eigenvalue weighted by molar-refractivity contribution is 7.89. The summed E-state index contributed by atoms with van der Waals surface area (Å²) in [5.74, 6) is 0. The van der Waals surface area contributed by atoms with Gasteiger partial charge >= 0.3 is 0 Å². The number of rotatable bonds is 1. The van der Waals surface area contributed by atoms with Crippen LogP contribution >= 0.6 is 0 Å². The van der Waals surface area contributed by atoms with Crippen LogP contribution in [-0.4, -0.2) is 20.3 Å². The zero-order valence-electron chi connectivity index (χ0n) is 5.36. The van der Waals surface area contributed by atoms with E-state index in [9.17, 15) is 8.42 Å². The molecule has 0 aromatic rings. The quantitative estimate of drug-likeness (QED) is 0.570. The fourth-order valence-corrected chi connectivity index (χ4v) is 1.47. The minimum atomic E-state index is -3.39. The molecule has 1 rings (SSSR count). The predicted molar refractivity (Wildman–Crippen MR) is 36.6 cm³/mol. The first-order chi connectivity index (χ1) is 4.61. The third-order valence-corrected chi connectivity index (χ3v) is 2.57. The SMILES string of the molecule is NS(=O)(=O)C1C=COCC1. The van der Waals surface area contributed by atoms with Gasteiger partial charge < -0.3 is 4.74 Å². The van der Waals surface area contributed by atoms with E-state index in [-0.39, 0.29) is 0 Å². The Morgan fingerprint density at radius 3 is 2.60 bits per heavy atom. The Morgan fingerprint density at radius 1 is 1.60 bits per heavy atom. The second-order valence-corrected chi connectivity index (χ2v) is 3.90. The van der Waals surface area contributed by atoms with Crippen molar-refractivity contribution >= 4 is 10.0 Å². The molecule has 0 aromatic heterocycles. The van der Waals surface area contributed by atoms with E-state index >= 15 is 0 Å². The highest BCUT2D eigenvalue weighted by Gasteiger charge is 2.19. The lowest BCUT2D eigenvalue weighted by Crippen LogP contribution is -2.29. The number of hydrogen-bond donors (Lipinski definition) is 1. The molecule has 4 nitrogen and oxygen atoms in total. The van der Waals surface area contributed by atoms with Crippen LogP contribution in [0.1, 0.15) is 6.42 Å². The second kappa shape index (κ2) is 2.59. The molecule has 58 valence electrons. The van der Waals surface area contributed by atoms with Gasteiger partial charge in [-0.1, -0.05) is 0 Å². The Balaban J connectivity index is 2.74. The third-order valence-electron chi connectivity index (χ3n) is 1.33. The normalized spacial score (nSPS) is 25.9. The summed E-state index contributed by atoms with van der Waals surface area (Å²) in [5.41, 5.74) is 0. The van der Waals surface area contributed by atoms with Gasteiger partial charge in [0, 0.05) is 6.42 Å². The van der Waals surface area contributed by atoms with Gasteiger partial charge in [0.05, 0.1) is 18.1 Å². The summed E-state index contributed by atoms with van der Waals surface area (Å²) in [6.45, 7) is 0.428. The molecule has 5 heteroatoms. The Morgan fingerprint density at radius 2 is 2.30 bits per heavy atom. The van der Waals surface area contributed by atoms with Gasteiger partial charge in [0.15, 0.2) is 0 Å². The molecule has 0 bridgehead atoms. The lowest BCUT2D eigenvalue weighted by Gasteiger charge is -2.13. The van der Waals surface area contributed by atoms with Gasteiger partial charge in [0.2, 0.25) is 10.0 Å². The van der Waals surface area contributed by atoms with Crippen LogP contribution in [-0.2, 0) is 14.8 Å². The number of ether oxygens (including phenoxy) is 1. The van der Waals surface area contributed by atoms with E-state index in [0.717, 1.165) is 0 Å². The number of hydrogen-bond acceptors (Lipinski definition) is 3. The molecule has 2 N–H and O–H groups in total. The Hall–Kier alpha value is -0.550. The number of sulfonamides is 1. The lowest BCUT2D eigenvalue weighted by molar-refractivity contribution is 0.231. The average molecular weight is 163 g/mol. The maximum Gasteiger partial charge on any atom is 0.215 e. The van der Waals surface area contributed by atoms with Crippen LogP contribution in [0.4, 0.5) is 0 Å². The summed E-state index contributed by atoms with van der Waals surface area (Å²) in [4.78, 5) is 0. The maximum absolute atomic E-state index is 10.7. The minimum Gasteiger partial charge on any atom is -0.501 e. The van der Waals surface area contributed by atoms with E-state index in [1.165, 1.54) is 12.3 Å². The van der Waals surface area contributed by atoms with Crippen molar-refractivity contribution in [2.45, 2.75) is 11.7 Å². The van der Waals surface area contributed by atoms with Crippen LogP contribution in [0.25, 0.3) is 0 Å². The van der Waals surface area contributed by atoms with Crippen molar-refractivity contribution in [1.29, 1.82) is 0 Å². The summed E-state index contributed by atoms with van der Waals surface area (Å²) in [6.07, 6.45) is 3.28. The van der Waals surface area contributed by atoms with Crippen molar-refractivity contribution in [2.24, 2.45) is 5.14 Å². The Bertz CT molecular complexity index is 231. The molecule has 10 heavy (non-hydrogen) atoms. The molecule has 0 aliphatic carbocycles. The molecule has 1 aliphatic heterocycles. The Kier molecular flexibility index (Phi) is 1.96. The first-order valence-electron chi connectivity index (χ1n) is 2.90. The molecular weight excluding hydrogens is 154 g/mol. The number of nitrogens with two attached hydrogens (primary N) is 1. The van der Waals surface area contributed by atoms with Crippen molar-refractivity contribution in [3.05, 3.63) is 12.3 Å². The van der Waals surface area contributed by atoms with Gasteiger partial charge in [-0.2, -0.15) is 0 Å². The van der Waals surface area contributed by atoms with Crippen molar-refractivity contribution in [2.75, 3.05) is 6.61 Å². The summed E-state index contributed by atoms with van der Waals surface area (Å²) in [7, 11) is -3.39. The molecule has 1 atom stereocenters. The van der Waals surface area contributed by atoms with Crippen LogP contribution in [0.5, 0.6) is 0 Å². The van der Waals surface area contributed by atoms with E-state index in [1.807, 2.05) is 0 Å². The zero-order chi connectivity index (χ0) is 7.61. The van der Waals surface area contributed by atoms with Crippen LogP contribution < -0.4 is 5.14 Å². The molecule has 1 unspecified atom stereocenters. The fraction of sp³-hybridized carbons (Fsp3) is 0.600. The highest BCUT2D eigenvalue weighted by atomic mass is 32.2. The van der Waals surface area contributed by atoms with Crippen molar-refractivity contribution < 1.29 is 13.2 Å². The zero-order valence-corrected chi connectivity index (χ0v) is 6.17. The van der Waals surface area contributed by atoms with Gasteiger partial charge in [-0.05, 0) is 6.08 Å². The average Bonchev–Trinajstić information content (AvgIpc) is 1.88. The van der Waals surface area contributed by atoms with Crippen molar-refractivity contribution in [3.8, 4) is 0 Å². The standard InChI is InChI=1S/C5H9NO3S/c6-10(7,8)5-1-3-9-4-2-5/h1,3,5H,2,4H2,(H2,6,7,8). The van der Waals surface area contributed by atoms with Crippen molar-refractivity contribution in [1.82, 2.24) is 0 Å². The first-order valence-corrected chi connectivity index (χ1v) is 4.51. The van der Waals surface area contributed by atoms with Crippen LogP contribution in [0, 0.1) is 0 Å². The molecule has 0 fully saturated rings. The number of primary sulfonamides is 1. The van der Waals surface area contributed by atoms with Gasteiger partial charge in [0.1, 0.15) is 0 Å². The van der Waals surface area contributed by atoms with Crippen LogP contribution in [0.3, 0.4) is 0 Å². The van der Waals surface area contributed by atoms with Gasteiger partial charge in [-0.3, -0.25) is 0 Å².